The molecule has 2 N–H and O–H groups in total. The van der Waals surface area contributed by atoms with Gasteiger partial charge in [-0.15, -0.1) is 11.8 Å². The van der Waals surface area contributed by atoms with E-state index in [-0.39, 0.29) is 23.7 Å². The summed E-state index contributed by atoms with van der Waals surface area (Å²) in [7, 11) is 0. The van der Waals surface area contributed by atoms with Crippen molar-refractivity contribution in [2.45, 2.75) is 11.3 Å². The molecule has 4 nitrogen and oxygen atoms in total. The van der Waals surface area contributed by atoms with Crippen LogP contribution in [0, 0.1) is 5.82 Å². The average molecular weight is 353 g/mol. The molecule has 0 saturated heterocycles. The van der Waals surface area contributed by atoms with Gasteiger partial charge >= 0.3 is 0 Å². The fraction of sp³-hybridized carbons (Fsp3) is 0.125. The minimum atomic E-state index is -0.495. The predicted molar refractivity (Wildman–Crippen MR) is 88.8 cm³/mol. The average Bonchev–Trinajstić information content (AvgIpc) is 2.55. The fourth-order valence-electron chi connectivity index (χ4n) is 1.72. The first kappa shape index (κ1) is 17.3. The van der Waals surface area contributed by atoms with Gasteiger partial charge in [-0.25, -0.2) is 4.39 Å². The molecule has 2 amide bonds. The van der Waals surface area contributed by atoms with E-state index in [1.807, 2.05) is 0 Å². The highest BCUT2D eigenvalue weighted by molar-refractivity contribution is 7.99. The molecule has 0 atom stereocenters. The van der Waals surface area contributed by atoms with E-state index in [4.69, 9.17) is 11.6 Å². The van der Waals surface area contributed by atoms with Crippen LogP contribution in [0.5, 0.6) is 0 Å². The lowest BCUT2D eigenvalue weighted by molar-refractivity contribution is -0.121. The van der Waals surface area contributed by atoms with Crippen LogP contribution in [0.25, 0.3) is 0 Å². The number of amides is 2. The summed E-state index contributed by atoms with van der Waals surface area (Å²) in [5.41, 5.74) is 4.87. The lowest BCUT2D eigenvalue weighted by Gasteiger charge is -2.08. The lowest BCUT2D eigenvalue weighted by atomic mass is 10.2. The minimum Gasteiger partial charge on any atom is -0.273 e. The van der Waals surface area contributed by atoms with Crippen LogP contribution in [-0.4, -0.2) is 17.6 Å². The second kappa shape index (κ2) is 8.55. The van der Waals surface area contributed by atoms with Crippen LogP contribution in [0.2, 0.25) is 5.02 Å². The molecule has 0 spiro atoms. The first-order chi connectivity index (χ1) is 11.1. The standard InChI is InChI=1S/C16H14ClFN2O2S/c17-12-6-2-1-5-11(12)16(22)20-19-15(21)9-10-23-14-8-4-3-7-13(14)18/h1-8H,9-10H2,(H,19,21)(H,20,22). The predicted octanol–water partition coefficient (Wildman–Crippen LogP) is 3.42. The molecule has 120 valence electrons. The molecule has 2 rings (SSSR count). The molecule has 0 aromatic heterocycles. The number of thioether (sulfide) groups is 1. The van der Waals surface area contributed by atoms with E-state index < -0.39 is 5.91 Å². The van der Waals surface area contributed by atoms with Gasteiger partial charge in [0.2, 0.25) is 5.91 Å². The molecule has 0 unspecified atom stereocenters. The van der Waals surface area contributed by atoms with Crippen molar-refractivity contribution < 1.29 is 14.0 Å². The maximum Gasteiger partial charge on any atom is 0.271 e. The molecule has 7 heteroatoms. The number of hydrogen-bond acceptors (Lipinski definition) is 3. The Labute approximate surface area is 142 Å². The van der Waals surface area contributed by atoms with Crippen LogP contribution < -0.4 is 10.9 Å². The van der Waals surface area contributed by atoms with Gasteiger partial charge in [-0.1, -0.05) is 35.9 Å². The van der Waals surface area contributed by atoms with Gasteiger partial charge in [-0.3, -0.25) is 20.4 Å². The van der Waals surface area contributed by atoms with Crippen LogP contribution >= 0.6 is 23.4 Å². The maximum atomic E-state index is 13.4. The minimum absolute atomic E-state index is 0.141. The molecular weight excluding hydrogens is 339 g/mol. The van der Waals surface area contributed by atoms with Gasteiger partial charge in [0.1, 0.15) is 5.82 Å². The monoisotopic (exact) mass is 352 g/mol. The number of hydrazine groups is 1. The SMILES string of the molecule is O=C(CCSc1ccccc1F)NNC(=O)c1ccccc1Cl. The van der Waals surface area contributed by atoms with E-state index in [9.17, 15) is 14.0 Å². The summed E-state index contributed by atoms with van der Waals surface area (Å²) in [5, 5.41) is 0.300. The van der Waals surface area contributed by atoms with Crippen LogP contribution in [0.3, 0.4) is 0 Å². The van der Waals surface area contributed by atoms with Crippen molar-refractivity contribution in [3.63, 3.8) is 0 Å². The number of nitrogens with one attached hydrogen (secondary N) is 2. The number of benzene rings is 2. The third kappa shape index (κ3) is 5.26. The van der Waals surface area contributed by atoms with Gasteiger partial charge in [-0.2, -0.15) is 0 Å². The second-order valence-corrected chi connectivity index (χ2v) is 6.05. The highest BCUT2D eigenvalue weighted by Crippen LogP contribution is 2.21. The summed E-state index contributed by atoms with van der Waals surface area (Å²) in [6.07, 6.45) is 0.141. The number of halogens is 2. The molecule has 0 radical (unpaired) electrons. The Morgan fingerprint density at radius 1 is 1.04 bits per heavy atom. The molecule has 0 aliphatic carbocycles. The molecule has 23 heavy (non-hydrogen) atoms. The van der Waals surface area contributed by atoms with Crippen molar-refractivity contribution in [3.8, 4) is 0 Å². The molecule has 0 aliphatic rings. The summed E-state index contributed by atoms with van der Waals surface area (Å²) in [4.78, 5) is 24.0. The summed E-state index contributed by atoms with van der Waals surface area (Å²) in [6, 6.07) is 12.9. The van der Waals surface area contributed by atoms with E-state index >= 15 is 0 Å². The summed E-state index contributed by atoms with van der Waals surface area (Å²) >= 11 is 7.13. The molecule has 0 bridgehead atoms. The Kier molecular flexibility index (Phi) is 6.43. The smallest absolute Gasteiger partial charge is 0.271 e. The van der Waals surface area contributed by atoms with Crippen molar-refractivity contribution in [1.82, 2.24) is 10.9 Å². The quantitative estimate of drug-likeness (QED) is 0.640. The Morgan fingerprint density at radius 3 is 2.48 bits per heavy atom. The zero-order chi connectivity index (χ0) is 16.7. The van der Waals surface area contributed by atoms with Crippen LogP contribution in [0.4, 0.5) is 4.39 Å². The normalized spacial score (nSPS) is 10.2. The molecule has 0 heterocycles. The van der Waals surface area contributed by atoms with Gasteiger partial charge in [0.25, 0.3) is 5.91 Å². The third-order valence-electron chi connectivity index (χ3n) is 2.86. The van der Waals surface area contributed by atoms with Crippen LogP contribution in [-0.2, 0) is 4.79 Å². The van der Waals surface area contributed by atoms with Crippen molar-refractivity contribution in [2.24, 2.45) is 0 Å². The van der Waals surface area contributed by atoms with Gasteiger partial charge in [0.05, 0.1) is 10.6 Å². The molecule has 0 aliphatic heterocycles. The first-order valence-electron chi connectivity index (χ1n) is 6.79. The first-order valence-corrected chi connectivity index (χ1v) is 8.15. The molecule has 2 aromatic carbocycles. The number of carbonyl (C=O) groups is 2. The Bertz CT molecular complexity index is 712. The Morgan fingerprint density at radius 2 is 1.74 bits per heavy atom. The Hall–Kier alpha value is -2.05. The van der Waals surface area contributed by atoms with E-state index in [1.54, 1.807) is 42.5 Å². The van der Waals surface area contributed by atoms with E-state index in [0.717, 1.165) is 0 Å². The Balaban J connectivity index is 1.74. The van der Waals surface area contributed by atoms with Crippen LogP contribution in [0.15, 0.2) is 53.4 Å². The zero-order valence-corrected chi connectivity index (χ0v) is 13.6. The number of carbonyl (C=O) groups excluding carboxylic acids is 2. The summed E-state index contributed by atoms with van der Waals surface area (Å²) in [6.45, 7) is 0. The summed E-state index contributed by atoms with van der Waals surface area (Å²) < 4.78 is 13.4. The van der Waals surface area contributed by atoms with Gasteiger partial charge in [0.15, 0.2) is 0 Å². The van der Waals surface area contributed by atoms with Crippen molar-refractivity contribution >= 4 is 35.2 Å². The summed E-state index contributed by atoms with van der Waals surface area (Å²) in [5.74, 6) is -0.778. The highest BCUT2D eigenvalue weighted by atomic mass is 35.5. The maximum absolute atomic E-state index is 13.4. The molecule has 0 saturated carbocycles. The van der Waals surface area contributed by atoms with Gasteiger partial charge in [0, 0.05) is 17.1 Å². The van der Waals surface area contributed by atoms with Crippen LogP contribution in [0.1, 0.15) is 16.8 Å². The second-order valence-electron chi connectivity index (χ2n) is 4.51. The topological polar surface area (TPSA) is 58.2 Å². The highest BCUT2D eigenvalue weighted by Gasteiger charge is 2.10. The number of rotatable bonds is 5. The molecule has 0 fully saturated rings. The number of hydrogen-bond donors (Lipinski definition) is 2. The van der Waals surface area contributed by atoms with E-state index in [1.165, 1.54) is 17.8 Å². The van der Waals surface area contributed by atoms with Crippen molar-refractivity contribution in [1.29, 1.82) is 0 Å². The third-order valence-corrected chi connectivity index (χ3v) is 4.24. The molecule has 2 aromatic rings. The van der Waals surface area contributed by atoms with E-state index in [2.05, 4.69) is 10.9 Å². The largest absolute Gasteiger partial charge is 0.273 e. The van der Waals surface area contributed by atoms with Crippen molar-refractivity contribution in [3.05, 3.63) is 64.9 Å². The lowest BCUT2D eigenvalue weighted by Crippen LogP contribution is -2.41. The fourth-order valence-corrected chi connectivity index (χ4v) is 2.83. The van der Waals surface area contributed by atoms with E-state index in [0.29, 0.717) is 15.7 Å². The molecular formula is C16H14ClFN2O2S. The zero-order valence-electron chi connectivity index (χ0n) is 12.0. The van der Waals surface area contributed by atoms with Crippen molar-refractivity contribution in [2.75, 3.05) is 5.75 Å². The van der Waals surface area contributed by atoms with Gasteiger partial charge in [-0.05, 0) is 24.3 Å². The van der Waals surface area contributed by atoms with Gasteiger partial charge < -0.3 is 0 Å².